The van der Waals surface area contributed by atoms with Crippen LogP contribution in [0, 0.1) is 5.41 Å². The van der Waals surface area contributed by atoms with Crippen molar-refractivity contribution >= 4 is 35.1 Å². The summed E-state index contributed by atoms with van der Waals surface area (Å²) in [6.45, 7) is 5.85. The van der Waals surface area contributed by atoms with Crippen molar-refractivity contribution in [2.75, 3.05) is 25.1 Å². The fourth-order valence-electron chi connectivity index (χ4n) is 3.88. The number of hydrogen-bond acceptors (Lipinski definition) is 5. The number of methoxy groups -OCH3 is 1. The third-order valence-corrected chi connectivity index (χ3v) is 5.50. The summed E-state index contributed by atoms with van der Waals surface area (Å²) in [5.74, 6) is -1.60. The minimum absolute atomic E-state index is 0.257. The van der Waals surface area contributed by atoms with Crippen molar-refractivity contribution in [3.8, 4) is 5.75 Å². The van der Waals surface area contributed by atoms with Gasteiger partial charge in [0.15, 0.2) is 0 Å². The Morgan fingerprint density at radius 3 is 2.53 bits per heavy atom. The van der Waals surface area contributed by atoms with Crippen molar-refractivity contribution in [1.82, 2.24) is 5.32 Å². The normalized spacial score (nSPS) is 18.1. The second-order valence-electron chi connectivity index (χ2n) is 9.31. The first-order valence-corrected chi connectivity index (χ1v) is 11.3. The van der Waals surface area contributed by atoms with E-state index in [4.69, 9.17) is 26.2 Å². The van der Waals surface area contributed by atoms with Crippen LogP contribution in [0.2, 0.25) is 5.02 Å². The number of aliphatic carboxylic acids is 1. The molecule has 1 aliphatic heterocycles. The van der Waals surface area contributed by atoms with E-state index in [1.165, 1.54) is 0 Å². The number of carboxylic acids is 1. The average Bonchev–Trinajstić information content (AvgIpc) is 2.87. The number of carboxylic acid groups (broad SMARTS) is 1. The van der Waals surface area contributed by atoms with Gasteiger partial charge in [-0.15, -0.1) is 0 Å². The number of fused-ring (bicyclic) bond motifs is 1. The van der Waals surface area contributed by atoms with Crippen LogP contribution in [0.3, 0.4) is 0 Å². The molecule has 0 saturated carbocycles. The Balaban J connectivity index is 2.13. The van der Waals surface area contributed by atoms with E-state index in [1.54, 1.807) is 36.3 Å². The molecule has 34 heavy (non-hydrogen) atoms. The number of carbonyl (C=O) groups is 3. The molecule has 2 aromatic rings. The van der Waals surface area contributed by atoms with Gasteiger partial charge in [0.05, 0.1) is 13.5 Å². The maximum atomic E-state index is 13.7. The first kappa shape index (κ1) is 25.5. The quantitative estimate of drug-likeness (QED) is 0.614. The van der Waals surface area contributed by atoms with Gasteiger partial charge in [-0.2, -0.15) is 0 Å². The van der Waals surface area contributed by atoms with Crippen molar-refractivity contribution in [3.05, 3.63) is 58.6 Å². The number of amides is 2. The van der Waals surface area contributed by atoms with E-state index in [-0.39, 0.29) is 17.7 Å². The zero-order valence-corrected chi connectivity index (χ0v) is 20.4. The molecule has 2 amide bonds. The van der Waals surface area contributed by atoms with Crippen LogP contribution in [-0.4, -0.2) is 49.2 Å². The van der Waals surface area contributed by atoms with E-state index in [9.17, 15) is 14.4 Å². The van der Waals surface area contributed by atoms with Gasteiger partial charge in [-0.25, -0.2) is 0 Å². The molecular formula is C25H29ClN2O6. The van der Waals surface area contributed by atoms with Crippen molar-refractivity contribution in [2.45, 2.75) is 39.4 Å². The second kappa shape index (κ2) is 10.4. The van der Waals surface area contributed by atoms with Gasteiger partial charge in [-0.1, -0.05) is 50.6 Å². The first-order valence-electron chi connectivity index (χ1n) is 10.9. The molecule has 2 N–H and O–H groups in total. The lowest BCUT2D eigenvalue weighted by Gasteiger charge is -2.31. The monoisotopic (exact) mass is 488 g/mol. The molecule has 2 aromatic carbocycles. The number of halogens is 1. The van der Waals surface area contributed by atoms with Crippen LogP contribution in [0.25, 0.3) is 0 Å². The average molecular weight is 489 g/mol. The zero-order chi connectivity index (χ0) is 25.0. The highest BCUT2D eigenvalue weighted by Gasteiger charge is 2.39. The zero-order valence-electron chi connectivity index (χ0n) is 19.6. The lowest BCUT2D eigenvalue weighted by atomic mass is 9.94. The Morgan fingerprint density at radius 2 is 1.88 bits per heavy atom. The largest absolute Gasteiger partial charge is 0.496 e. The van der Waals surface area contributed by atoms with Crippen molar-refractivity contribution in [2.24, 2.45) is 5.41 Å². The molecule has 0 fully saturated rings. The number of para-hydroxylation sites is 1. The number of anilines is 1. The van der Waals surface area contributed by atoms with Gasteiger partial charge in [0.25, 0.3) is 5.91 Å². The summed E-state index contributed by atoms with van der Waals surface area (Å²) >= 11 is 6.36. The summed E-state index contributed by atoms with van der Waals surface area (Å²) < 4.78 is 11.9. The topological polar surface area (TPSA) is 105 Å². The van der Waals surface area contributed by atoms with Gasteiger partial charge in [0.1, 0.15) is 24.5 Å². The molecule has 0 radical (unpaired) electrons. The predicted molar refractivity (Wildman–Crippen MR) is 128 cm³/mol. The molecule has 0 aromatic heterocycles. The number of nitrogens with one attached hydrogen (secondary N) is 1. The minimum Gasteiger partial charge on any atom is -0.496 e. The molecule has 0 unspecified atom stereocenters. The number of ether oxygens (including phenoxy) is 2. The SMILES string of the molecule is COc1ccccc1[C@@H]1O[C@@H](CC(=O)NCC(=O)O)C(=O)N(CC(C)(C)C)c2ccc(Cl)cc21. The minimum atomic E-state index is -1.18. The van der Waals surface area contributed by atoms with E-state index in [1.807, 2.05) is 39.0 Å². The van der Waals surface area contributed by atoms with Crippen LogP contribution >= 0.6 is 11.6 Å². The van der Waals surface area contributed by atoms with Crippen molar-refractivity contribution in [1.29, 1.82) is 0 Å². The molecule has 182 valence electrons. The number of benzene rings is 2. The van der Waals surface area contributed by atoms with Crippen LogP contribution < -0.4 is 15.0 Å². The van der Waals surface area contributed by atoms with Crippen molar-refractivity contribution in [3.63, 3.8) is 0 Å². The van der Waals surface area contributed by atoms with Gasteiger partial charge in [0, 0.05) is 28.4 Å². The Bertz CT molecular complexity index is 1080. The Hall–Kier alpha value is -3.10. The van der Waals surface area contributed by atoms with Crippen LogP contribution in [0.1, 0.15) is 44.4 Å². The van der Waals surface area contributed by atoms with Gasteiger partial charge >= 0.3 is 5.97 Å². The van der Waals surface area contributed by atoms with E-state index in [2.05, 4.69) is 5.32 Å². The summed E-state index contributed by atoms with van der Waals surface area (Å²) in [7, 11) is 1.54. The van der Waals surface area contributed by atoms with Crippen LogP contribution in [0.5, 0.6) is 5.75 Å². The molecule has 9 heteroatoms. The van der Waals surface area contributed by atoms with E-state index in [0.29, 0.717) is 34.1 Å². The molecular weight excluding hydrogens is 460 g/mol. The Labute approximate surface area is 203 Å². The molecule has 1 aliphatic rings. The van der Waals surface area contributed by atoms with Crippen molar-refractivity contribution < 1.29 is 29.0 Å². The smallest absolute Gasteiger partial charge is 0.322 e. The summed E-state index contributed by atoms with van der Waals surface area (Å²) in [4.78, 5) is 38.7. The standard InChI is InChI=1S/C25H29ClN2O6/c1-25(2,3)14-28-18-10-9-15(26)11-17(18)23(16-7-5-6-8-19(16)33-4)34-20(24(28)32)12-21(29)27-13-22(30)31/h5-11,20,23H,12-14H2,1-4H3,(H,27,29)(H,30,31)/t20-,23-/m0/s1. The highest BCUT2D eigenvalue weighted by Crippen LogP contribution is 2.43. The second-order valence-corrected chi connectivity index (χ2v) is 9.75. The van der Waals surface area contributed by atoms with E-state index >= 15 is 0 Å². The molecule has 1 heterocycles. The predicted octanol–water partition coefficient (Wildman–Crippen LogP) is 3.81. The summed E-state index contributed by atoms with van der Waals surface area (Å²) in [6, 6.07) is 12.5. The number of carbonyl (C=O) groups excluding carboxylic acids is 2. The molecule has 0 bridgehead atoms. The Kier molecular flexibility index (Phi) is 7.84. The highest BCUT2D eigenvalue weighted by molar-refractivity contribution is 6.30. The third kappa shape index (κ3) is 6.07. The number of rotatable bonds is 7. The molecule has 0 spiro atoms. The molecule has 8 nitrogen and oxygen atoms in total. The lowest BCUT2D eigenvalue weighted by Crippen LogP contribution is -2.45. The lowest BCUT2D eigenvalue weighted by molar-refractivity contribution is -0.140. The van der Waals surface area contributed by atoms with Crippen LogP contribution in [-0.2, 0) is 19.1 Å². The molecule has 2 atom stereocenters. The highest BCUT2D eigenvalue weighted by atomic mass is 35.5. The van der Waals surface area contributed by atoms with Gasteiger partial charge in [0.2, 0.25) is 5.91 Å². The van der Waals surface area contributed by atoms with Crippen LogP contribution in [0.4, 0.5) is 5.69 Å². The van der Waals surface area contributed by atoms with Crippen LogP contribution in [0.15, 0.2) is 42.5 Å². The molecule has 0 saturated heterocycles. The fourth-order valence-corrected chi connectivity index (χ4v) is 4.06. The summed E-state index contributed by atoms with van der Waals surface area (Å²) in [5.41, 5.74) is 1.72. The number of hydrogen-bond donors (Lipinski definition) is 2. The van der Waals surface area contributed by atoms with Gasteiger partial charge < -0.3 is 24.8 Å². The third-order valence-electron chi connectivity index (χ3n) is 5.27. The van der Waals surface area contributed by atoms with Gasteiger partial charge in [-0.05, 0) is 29.7 Å². The summed E-state index contributed by atoms with van der Waals surface area (Å²) in [6.07, 6.45) is -2.24. The van der Waals surface area contributed by atoms with E-state index < -0.39 is 30.6 Å². The number of nitrogens with zero attached hydrogens (tertiary/aromatic N) is 1. The first-order chi connectivity index (χ1) is 16.0. The molecule has 0 aliphatic carbocycles. The molecule has 3 rings (SSSR count). The van der Waals surface area contributed by atoms with E-state index in [0.717, 1.165) is 0 Å². The maximum Gasteiger partial charge on any atom is 0.322 e. The maximum absolute atomic E-state index is 13.7. The summed E-state index contributed by atoms with van der Waals surface area (Å²) in [5, 5.41) is 11.7. The Morgan fingerprint density at radius 1 is 1.18 bits per heavy atom. The van der Waals surface area contributed by atoms with Gasteiger partial charge in [-0.3, -0.25) is 14.4 Å². The fraction of sp³-hybridized carbons (Fsp3) is 0.400.